The zero-order valence-corrected chi connectivity index (χ0v) is 7.70. The molecule has 3 nitrogen and oxygen atoms in total. The van der Waals surface area contributed by atoms with Gasteiger partial charge in [0.05, 0.1) is 19.3 Å². The Kier molecular flexibility index (Phi) is 3.30. The van der Waals surface area contributed by atoms with E-state index in [1.165, 1.54) is 0 Å². The van der Waals surface area contributed by atoms with Crippen LogP contribution in [0.15, 0.2) is 18.2 Å². The molecule has 0 saturated carbocycles. The largest absolute Gasteiger partial charge is 0.495 e. The van der Waals surface area contributed by atoms with Gasteiger partial charge in [-0.25, -0.2) is 0 Å². The van der Waals surface area contributed by atoms with Crippen LogP contribution in [0.25, 0.3) is 0 Å². The minimum absolute atomic E-state index is 0.513. The number of benzene rings is 1. The lowest BCUT2D eigenvalue weighted by atomic mass is 10.1. The van der Waals surface area contributed by atoms with Gasteiger partial charge in [0.25, 0.3) is 0 Å². The fraction of sp³-hybridized carbons (Fsp3) is 0.300. The molecule has 0 saturated heterocycles. The van der Waals surface area contributed by atoms with E-state index in [0.29, 0.717) is 17.9 Å². The fourth-order valence-corrected chi connectivity index (χ4v) is 1.10. The van der Waals surface area contributed by atoms with Crippen molar-refractivity contribution in [2.45, 2.75) is 6.61 Å². The van der Waals surface area contributed by atoms with Gasteiger partial charge in [-0.1, -0.05) is 6.07 Å². The summed E-state index contributed by atoms with van der Waals surface area (Å²) in [6.07, 6.45) is 0. The molecule has 0 aliphatic rings. The summed E-state index contributed by atoms with van der Waals surface area (Å²) in [6.45, 7) is 0.513. The van der Waals surface area contributed by atoms with Crippen LogP contribution < -0.4 is 4.74 Å². The maximum absolute atomic E-state index is 8.77. The smallest absolute Gasteiger partial charge is 0.136 e. The van der Waals surface area contributed by atoms with Crippen molar-refractivity contribution in [2.75, 3.05) is 14.2 Å². The van der Waals surface area contributed by atoms with Gasteiger partial charge < -0.3 is 9.47 Å². The molecule has 0 atom stereocenters. The van der Waals surface area contributed by atoms with Crippen molar-refractivity contribution in [3.05, 3.63) is 29.3 Å². The molecule has 0 bridgehead atoms. The Balaban J connectivity index is 3.00. The number of hydrogen-bond donors (Lipinski definition) is 0. The summed E-state index contributed by atoms with van der Waals surface area (Å²) in [6, 6.07) is 7.48. The van der Waals surface area contributed by atoms with Crippen molar-refractivity contribution in [2.24, 2.45) is 0 Å². The third-order valence-electron chi connectivity index (χ3n) is 1.70. The molecule has 1 aromatic rings. The molecule has 0 aliphatic carbocycles. The summed E-state index contributed by atoms with van der Waals surface area (Å²) in [7, 11) is 3.17. The molecule has 0 unspecified atom stereocenters. The van der Waals surface area contributed by atoms with Crippen molar-refractivity contribution in [1.82, 2.24) is 0 Å². The summed E-state index contributed by atoms with van der Waals surface area (Å²) < 4.78 is 9.96. The van der Waals surface area contributed by atoms with E-state index < -0.39 is 0 Å². The Morgan fingerprint density at radius 2 is 2.15 bits per heavy atom. The number of nitriles is 1. The van der Waals surface area contributed by atoms with Gasteiger partial charge in [0, 0.05) is 7.11 Å². The first-order chi connectivity index (χ1) is 6.31. The minimum atomic E-state index is 0.513. The maximum atomic E-state index is 8.77. The fourth-order valence-electron chi connectivity index (χ4n) is 1.10. The third-order valence-corrected chi connectivity index (χ3v) is 1.70. The molecule has 3 heteroatoms. The molecule has 1 aromatic carbocycles. The summed E-state index contributed by atoms with van der Waals surface area (Å²) in [4.78, 5) is 0. The van der Waals surface area contributed by atoms with Crippen molar-refractivity contribution >= 4 is 0 Å². The van der Waals surface area contributed by atoms with E-state index in [4.69, 9.17) is 14.7 Å². The first-order valence-corrected chi connectivity index (χ1v) is 3.87. The van der Waals surface area contributed by atoms with E-state index in [9.17, 15) is 0 Å². The van der Waals surface area contributed by atoms with Crippen molar-refractivity contribution in [1.29, 1.82) is 5.26 Å². The number of rotatable bonds is 3. The average molecular weight is 177 g/mol. The van der Waals surface area contributed by atoms with Gasteiger partial charge in [0.1, 0.15) is 11.8 Å². The first-order valence-electron chi connectivity index (χ1n) is 3.87. The molecular formula is C10H11NO2. The van der Waals surface area contributed by atoms with Crippen LogP contribution in [0.2, 0.25) is 0 Å². The number of methoxy groups -OCH3 is 2. The highest BCUT2D eigenvalue weighted by molar-refractivity contribution is 5.45. The number of hydrogen-bond acceptors (Lipinski definition) is 3. The van der Waals surface area contributed by atoms with E-state index in [1.54, 1.807) is 26.4 Å². The predicted molar refractivity (Wildman–Crippen MR) is 48.4 cm³/mol. The van der Waals surface area contributed by atoms with Crippen LogP contribution in [0.3, 0.4) is 0 Å². The Morgan fingerprint density at radius 1 is 1.38 bits per heavy atom. The topological polar surface area (TPSA) is 42.2 Å². The molecule has 68 valence electrons. The van der Waals surface area contributed by atoms with Gasteiger partial charge in [-0.2, -0.15) is 5.26 Å². The summed E-state index contributed by atoms with van der Waals surface area (Å²) in [5, 5.41) is 8.77. The molecular weight excluding hydrogens is 166 g/mol. The van der Waals surface area contributed by atoms with E-state index in [-0.39, 0.29) is 0 Å². The minimum Gasteiger partial charge on any atom is -0.495 e. The van der Waals surface area contributed by atoms with Crippen molar-refractivity contribution < 1.29 is 9.47 Å². The highest BCUT2D eigenvalue weighted by Gasteiger charge is 2.02. The van der Waals surface area contributed by atoms with E-state index >= 15 is 0 Å². The number of ether oxygens (including phenoxy) is 2. The van der Waals surface area contributed by atoms with Gasteiger partial charge in [-0.15, -0.1) is 0 Å². The Hall–Kier alpha value is -1.53. The van der Waals surface area contributed by atoms with Crippen molar-refractivity contribution in [3.8, 4) is 11.8 Å². The molecule has 0 aromatic heterocycles. The molecule has 0 N–H and O–H groups in total. The Bertz CT molecular complexity index is 328. The van der Waals surface area contributed by atoms with Gasteiger partial charge in [-0.3, -0.25) is 0 Å². The number of nitrogens with zero attached hydrogens (tertiary/aromatic N) is 1. The lowest BCUT2D eigenvalue weighted by Crippen LogP contribution is -1.92. The zero-order valence-electron chi connectivity index (χ0n) is 7.70. The predicted octanol–water partition coefficient (Wildman–Crippen LogP) is 1.71. The van der Waals surface area contributed by atoms with Crippen LogP contribution in [-0.4, -0.2) is 14.2 Å². The molecule has 0 amide bonds. The quantitative estimate of drug-likeness (QED) is 0.705. The first kappa shape index (κ1) is 9.56. The SMILES string of the molecule is COCc1ccc(OC)c(C#N)c1. The van der Waals surface area contributed by atoms with Gasteiger partial charge in [0.15, 0.2) is 0 Å². The summed E-state index contributed by atoms with van der Waals surface area (Å²) >= 11 is 0. The second-order valence-corrected chi connectivity index (χ2v) is 2.58. The Labute approximate surface area is 77.5 Å². The summed E-state index contributed by atoms with van der Waals surface area (Å²) in [5.74, 6) is 0.599. The van der Waals surface area contributed by atoms with Crippen LogP contribution in [-0.2, 0) is 11.3 Å². The van der Waals surface area contributed by atoms with E-state index in [0.717, 1.165) is 5.56 Å². The highest BCUT2D eigenvalue weighted by atomic mass is 16.5. The molecule has 0 spiro atoms. The van der Waals surface area contributed by atoms with E-state index in [2.05, 4.69) is 6.07 Å². The second-order valence-electron chi connectivity index (χ2n) is 2.58. The normalized spacial score (nSPS) is 9.31. The monoisotopic (exact) mass is 177 g/mol. The van der Waals surface area contributed by atoms with E-state index in [1.807, 2.05) is 6.07 Å². The molecule has 0 aliphatic heterocycles. The lowest BCUT2D eigenvalue weighted by molar-refractivity contribution is 0.185. The van der Waals surface area contributed by atoms with Crippen LogP contribution in [0.5, 0.6) is 5.75 Å². The molecule has 0 radical (unpaired) electrons. The van der Waals surface area contributed by atoms with Crippen LogP contribution >= 0.6 is 0 Å². The highest BCUT2D eigenvalue weighted by Crippen LogP contribution is 2.18. The van der Waals surface area contributed by atoms with Crippen LogP contribution in [0, 0.1) is 11.3 Å². The van der Waals surface area contributed by atoms with Crippen LogP contribution in [0.1, 0.15) is 11.1 Å². The standard InChI is InChI=1S/C10H11NO2/c1-12-7-8-3-4-10(13-2)9(5-8)6-11/h3-5H,7H2,1-2H3. The zero-order chi connectivity index (χ0) is 9.68. The van der Waals surface area contributed by atoms with Crippen molar-refractivity contribution in [3.63, 3.8) is 0 Å². The molecule has 13 heavy (non-hydrogen) atoms. The molecule has 0 heterocycles. The molecule has 0 fully saturated rings. The summed E-state index contributed by atoms with van der Waals surface area (Å²) in [5.41, 5.74) is 1.51. The van der Waals surface area contributed by atoms with Gasteiger partial charge in [0.2, 0.25) is 0 Å². The third kappa shape index (κ3) is 2.20. The second kappa shape index (κ2) is 4.48. The molecule has 1 rings (SSSR count). The van der Waals surface area contributed by atoms with Gasteiger partial charge >= 0.3 is 0 Å². The van der Waals surface area contributed by atoms with Crippen LogP contribution in [0.4, 0.5) is 0 Å². The average Bonchev–Trinajstić information content (AvgIpc) is 2.18. The maximum Gasteiger partial charge on any atom is 0.136 e. The van der Waals surface area contributed by atoms with Gasteiger partial charge in [-0.05, 0) is 17.7 Å². The Morgan fingerprint density at radius 3 is 2.69 bits per heavy atom. The lowest BCUT2D eigenvalue weighted by Gasteiger charge is -2.04.